The van der Waals surface area contributed by atoms with Crippen molar-refractivity contribution in [1.82, 2.24) is 0 Å². The Bertz CT molecular complexity index is 482. The first-order chi connectivity index (χ1) is 10.2. The molecule has 0 bridgehead atoms. The van der Waals surface area contributed by atoms with Crippen LogP contribution in [0.2, 0.25) is 0 Å². The molecule has 0 aliphatic carbocycles. The van der Waals surface area contributed by atoms with Gasteiger partial charge in [-0.1, -0.05) is 96.6 Å². The van der Waals surface area contributed by atoms with Gasteiger partial charge in [0.15, 0.2) is 0 Å². The van der Waals surface area contributed by atoms with E-state index in [9.17, 15) is 0 Å². The minimum absolute atomic E-state index is 0.0834. The Morgan fingerprint density at radius 3 is 1.76 bits per heavy atom. The highest BCUT2D eigenvalue weighted by Crippen LogP contribution is 2.41. The Kier molecular flexibility index (Phi) is 6.24. The van der Waals surface area contributed by atoms with Crippen LogP contribution < -0.4 is 5.73 Å². The summed E-state index contributed by atoms with van der Waals surface area (Å²) in [4.78, 5) is 0. The molecule has 2 aromatic rings. The molecular weight excluding hydrogens is 369 g/mol. The van der Waals surface area contributed by atoms with E-state index in [0.717, 1.165) is 19.3 Å². The maximum Gasteiger partial charge on any atom is 0.0569 e. The average molecular weight is 393 g/mol. The van der Waals surface area contributed by atoms with Gasteiger partial charge in [0.2, 0.25) is 0 Å². The van der Waals surface area contributed by atoms with Gasteiger partial charge in [-0.15, -0.1) is 0 Å². The molecule has 0 amide bonds. The van der Waals surface area contributed by atoms with Crippen molar-refractivity contribution in [3.8, 4) is 0 Å². The normalized spacial score (nSPS) is 13.1. The molecule has 2 rings (SSSR count). The molecular formula is C19H24IN. The Hall–Kier alpha value is -0.870. The monoisotopic (exact) mass is 393 g/mol. The predicted molar refractivity (Wildman–Crippen MR) is 99.8 cm³/mol. The summed E-state index contributed by atoms with van der Waals surface area (Å²) in [6.45, 7) is 2.27. The van der Waals surface area contributed by atoms with Crippen molar-refractivity contribution in [3.05, 3.63) is 71.8 Å². The Morgan fingerprint density at radius 1 is 0.905 bits per heavy atom. The number of nitrogens with two attached hydrogens (primary N) is 1. The van der Waals surface area contributed by atoms with Gasteiger partial charge in [-0.05, 0) is 30.4 Å². The summed E-state index contributed by atoms with van der Waals surface area (Å²) in [7, 11) is 0. The van der Waals surface area contributed by atoms with Gasteiger partial charge in [-0.2, -0.15) is 0 Å². The van der Waals surface area contributed by atoms with Crippen LogP contribution >= 0.6 is 22.6 Å². The third kappa shape index (κ3) is 4.07. The van der Waals surface area contributed by atoms with E-state index >= 15 is 0 Å². The van der Waals surface area contributed by atoms with Gasteiger partial charge in [-0.3, -0.25) is 0 Å². The highest BCUT2D eigenvalue weighted by molar-refractivity contribution is 14.1. The molecule has 0 radical (unpaired) electrons. The number of hydrogen-bond donors (Lipinski definition) is 1. The minimum Gasteiger partial charge on any atom is -0.320 e. The predicted octanol–water partition coefficient (Wildman–Crippen LogP) is 5.27. The van der Waals surface area contributed by atoms with Gasteiger partial charge < -0.3 is 5.73 Å². The highest BCUT2D eigenvalue weighted by atomic mass is 127. The first-order valence-corrected chi connectivity index (χ1v) is 8.94. The van der Waals surface area contributed by atoms with Crippen LogP contribution in [0.25, 0.3) is 0 Å². The lowest BCUT2D eigenvalue weighted by molar-refractivity contribution is 0.418. The van der Waals surface area contributed by atoms with Gasteiger partial charge in [0.05, 0.1) is 4.05 Å². The molecule has 21 heavy (non-hydrogen) atoms. The lowest BCUT2D eigenvalue weighted by Crippen LogP contribution is -2.29. The van der Waals surface area contributed by atoms with E-state index in [1.165, 1.54) is 17.5 Å². The summed E-state index contributed by atoms with van der Waals surface area (Å²) in [5, 5.41) is 0. The fraction of sp³-hybridized carbons (Fsp3) is 0.368. The van der Waals surface area contributed by atoms with Gasteiger partial charge >= 0.3 is 0 Å². The molecule has 0 heterocycles. The van der Waals surface area contributed by atoms with E-state index in [4.69, 9.17) is 5.73 Å². The van der Waals surface area contributed by atoms with E-state index in [2.05, 4.69) is 90.2 Å². The van der Waals surface area contributed by atoms with E-state index in [0.29, 0.717) is 0 Å². The van der Waals surface area contributed by atoms with Crippen LogP contribution in [0.5, 0.6) is 0 Å². The zero-order chi connectivity index (χ0) is 15.1. The Morgan fingerprint density at radius 2 is 1.38 bits per heavy atom. The van der Waals surface area contributed by atoms with Crippen molar-refractivity contribution >= 4 is 22.6 Å². The van der Waals surface area contributed by atoms with Gasteiger partial charge in [-0.25, -0.2) is 0 Å². The fourth-order valence-corrected chi connectivity index (χ4v) is 3.51. The SMILES string of the molecule is CCCC(CCC(N)I)(c1ccccc1)c1ccccc1. The summed E-state index contributed by atoms with van der Waals surface area (Å²) >= 11 is 2.33. The first-order valence-electron chi connectivity index (χ1n) is 7.70. The third-order valence-electron chi connectivity index (χ3n) is 4.18. The molecule has 112 valence electrons. The van der Waals surface area contributed by atoms with Crippen LogP contribution in [0.4, 0.5) is 0 Å². The summed E-state index contributed by atoms with van der Waals surface area (Å²) in [6, 6.07) is 21.8. The molecule has 1 nitrogen and oxygen atoms in total. The highest BCUT2D eigenvalue weighted by Gasteiger charge is 2.33. The zero-order valence-electron chi connectivity index (χ0n) is 12.6. The standard InChI is InChI=1S/C19H24IN/c1-2-14-19(15-13-18(20)21,16-9-5-3-6-10-16)17-11-7-4-8-12-17/h3-12,18H,2,13-15,21H2,1H3. The Balaban J connectivity index is 2.49. The molecule has 2 N–H and O–H groups in total. The van der Waals surface area contributed by atoms with Gasteiger partial charge in [0.1, 0.15) is 0 Å². The summed E-state index contributed by atoms with van der Waals surface area (Å²) in [5.41, 5.74) is 8.95. The topological polar surface area (TPSA) is 26.0 Å². The molecule has 2 aromatic carbocycles. The summed E-state index contributed by atoms with van der Waals surface area (Å²) in [5.74, 6) is 0. The molecule has 1 unspecified atom stereocenters. The molecule has 1 atom stereocenters. The number of hydrogen-bond acceptors (Lipinski definition) is 1. The molecule has 0 fully saturated rings. The van der Waals surface area contributed by atoms with Gasteiger partial charge in [0, 0.05) is 5.41 Å². The summed E-state index contributed by atoms with van der Waals surface area (Å²) in [6.07, 6.45) is 4.45. The number of rotatable bonds is 7. The molecule has 0 spiro atoms. The third-order valence-corrected chi connectivity index (χ3v) is 4.80. The van der Waals surface area contributed by atoms with Gasteiger partial charge in [0.25, 0.3) is 0 Å². The van der Waals surface area contributed by atoms with E-state index in [1.54, 1.807) is 0 Å². The lowest BCUT2D eigenvalue weighted by Gasteiger charge is -2.36. The van der Waals surface area contributed by atoms with Crippen molar-refractivity contribution in [2.45, 2.75) is 42.1 Å². The number of benzene rings is 2. The smallest absolute Gasteiger partial charge is 0.0569 e. The maximum absolute atomic E-state index is 6.04. The van der Waals surface area contributed by atoms with Crippen molar-refractivity contribution in [2.75, 3.05) is 0 Å². The zero-order valence-corrected chi connectivity index (χ0v) is 14.8. The second-order valence-corrected chi connectivity index (χ2v) is 7.22. The lowest BCUT2D eigenvalue weighted by atomic mass is 9.68. The van der Waals surface area contributed by atoms with Crippen LogP contribution in [0.15, 0.2) is 60.7 Å². The number of alkyl halides is 1. The van der Waals surface area contributed by atoms with E-state index < -0.39 is 0 Å². The van der Waals surface area contributed by atoms with Crippen LogP contribution in [-0.2, 0) is 5.41 Å². The van der Waals surface area contributed by atoms with E-state index in [1.807, 2.05) is 0 Å². The summed E-state index contributed by atoms with van der Waals surface area (Å²) < 4.78 is 0.214. The largest absolute Gasteiger partial charge is 0.320 e. The fourth-order valence-electron chi connectivity index (χ4n) is 3.19. The average Bonchev–Trinajstić information content (AvgIpc) is 2.53. The Labute approximate surface area is 142 Å². The second kappa shape index (κ2) is 7.95. The van der Waals surface area contributed by atoms with Crippen LogP contribution in [0.3, 0.4) is 0 Å². The molecule has 0 aliphatic heterocycles. The van der Waals surface area contributed by atoms with Crippen molar-refractivity contribution in [1.29, 1.82) is 0 Å². The second-order valence-electron chi connectivity index (χ2n) is 5.62. The maximum atomic E-state index is 6.04. The van der Waals surface area contributed by atoms with Crippen LogP contribution in [0, 0.1) is 0 Å². The molecule has 0 saturated heterocycles. The van der Waals surface area contributed by atoms with Crippen molar-refractivity contribution < 1.29 is 0 Å². The van der Waals surface area contributed by atoms with Crippen LogP contribution in [0.1, 0.15) is 43.7 Å². The molecule has 2 heteroatoms. The molecule has 0 aliphatic rings. The minimum atomic E-state index is 0.0834. The molecule has 0 aromatic heterocycles. The molecule has 0 saturated carbocycles. The van der Waals surface area contributed by atoms with Crippen molar-refractivity contribution in [3.63, 3.8) is 0 Å². The quantitative estimate of drug-likeness (QED) is 0.387. The first kappa shape index (κ1) is 16.5. The van der Waals surface area contributed by atoms with E-state index in [-0.39, 0.29) is 9.46 Å². The number of halogens is 1. The van der Waals surface area contributed by atoms with Crippen LogP contribution in [-0.4, -0.2) is 4.05 Å². The van der Waals surface area contributed by atoms with Crippen molar-refractivity contribution in [2.24, 2.45) is 5.73 Å².